The van der Waals surface area contributed by atoms with Gasteiger partial charge in [0.15, 0.2) is 5.82 Å². The predicted molar refractivity (Wildman–Crippen MR) is 89.2 cm³/mol. The van der Waals surface area contributed by atoms with Gasteiger partial charge in [0.05, 0.1) is 11.8 Å². The quantitative estimate of drug-likeness (QED) is 0.713. The zero-order chi connectivity index (χ0) is 16.5. The van der Waals surface area contributed by atoms with Crippen molar-refractivity contribution in [1.82, 2.24) is 30.3 Å². The number of aromatic amines is 1. The fourth-order valence-corrected chi connectivity index (χ4v) is 3.68. The highest BCUT2D eigenvalue weighted by Crippen LogP contribution is 2.36. The van der Waals surface area contributed by atoms with Crippen LogP contribution in [0.1, 0.15) is 48.9 Å². The third-order valence-corrected chi connectivity index (χ3v) is 5.28. The van der Waals surface area contributed by atoms with Gasteiger partial charge >= 0.3 is 0 Å². The van der Waals surface area contributed by atoms with Crippen molar-refractivity contribution in [2.45, 2.75) is 57.7 Å². The largest absolute Gasteiger partial charge is 0.393 e. The summed E-state index contributed by atoms with van der Waals surface area (Å²) in [4.78, 5) is 4.42. The minimum absolute atomic E-state index is 0.258. The third-order valence-electron chi connectivity index (χ3n) is 5.28. The van der Waals surface area contributed by atoms with E-state index in [2.05, 4.69) is 36.3 Å². The molecule has 7 nitrogen and oxygen atoms in total. The van der Waals surface area contributed by atoms with Crippen LogP contribution in [-0.4, -0.2) is 42.7 Å². The lowest BCUT2D eigenvalue weighted by atomic mass is 10.0. The van der Waals surface area contributed by atoms with Crippen LogP contribution in [0.15, 0.2) is 12.3 Å². The Labute approximate surface area is 141 Å². The fourth-order valence-electron chi connectivity index (χ4n) is 3.68. The zero-order valence-corrected chi connectivity index (χ0v) is 14.1. The van der Waals surface area contributed by atoms with E-state index in [0.717, 1.165) is 50.0 Å². The number of nitrogens with one attached hydrogen (secondary N) is 2. The molecule has 0 radical (unpaired) electrons. The molecule has 2 fully saturated rings. The number of aromatic nitrogens is 5. The summed E-state index contributed by atoms with van der Waals surface area (Å²) < 4.78 is 2.12. The van der Waals surface area contributed by atoms with Crippen LogP contribution in [0.5, 0.6) is 0 Å². The van der Waals surface area contributed by atoms with E-state index >= 15 is 0 Å². The summed E-state index contributed by atoms with van der Waals surface area (Å²) in [5, 5.41) is 25.4. The maximum atomic E-state index is 10.3. The molecule has 7 heteroatoms. The molecule has 2 aromatic rings. The van der Waals surface area contributed by atoms with E-state index in [1.807, 2.05) is 13.1 Å². The number of H-pyrrole nitrogens is 1. The number of nitrogens with zero attached hydrogens (tertiary/aromatic N) is 4. The summed E-state index contributed by atoms with van der Waals surface area (Å²) in [6.45, 7) is 4.57. The van der Waals surface area contributed by atoms with Crippen LogP contribution in [0, 0.1) is 18.8 Å². The van der Waals surface area contributed by atoms with E-state index in [-0.39, 0.29) is 17.9 Å². The van der Waals surface area contributed by atoms with E-state index in [1.54, 1.807) is 0 Å². The van der Waals surface area contributed by atoms with Crippen molar-refractivity contribution in [3.05, 3.63) is 29.6 Å². The van der Waals surface area contributed by atoms with Crippen LogP contribution in [-0.2, 0) is 13.1 Å². The molecule has 3 N–H and O–H groups in total. The first-order valence-corrected chi connectivity index (χ1v) is 8.97. The number of rotatable bonds is 7. The molecule has 0 aromatic carbocycles. The number of aryl methyl sites for hydroxylation is 1. The second-order valence-corrected chi connectivity index (χ2v) is 7.35. The van der Waals surface area contributed by atoms with E-state index in [1.165, 1.54) is 18.5 Å². The second kappa shape index (κ2) is 6.64. The molecule has 3 atom stereocenters. The Balaban J connectivity index is 1.27. The molecule has 2 aromatic heterocycles. The lowest BCUT2D eigenvalue weighted by Crippen LogP contribution is -2.28. The molecule has 0 unspecified atom stereocenters. The van der Waals surface area contributed by atoms with Crippen molar-refractivity contribution in [2.24, 2.45) is 11.8 Å². The number of aliphatic hydroxyl groups excluding tert-OH is 1. The van der Waals surface area contributed by atoms with Gasteiger partial charge in [0.1, 0.15) is 5.82 Å². The van der Waals surface area contributed by atoms with Gasteiger partial charge in [0, 0.05) is 31.7 Å². The zero-order valence-electron chi connectivity index (χ0n) is 14.1. The lowest BCUT2D eigenvalue weighted by Gasteiger charge is -2.15. The molecule has 2 heterocycles. The van der Waals surface area contributed by atoms with Crippen LogP contribution < -0.4 is 5.32 Å². The van der Waals surface area contributed by atoms with Gasteiger partial charge in [-0.2, -0.15) is 10.2 Å². The fraction of sp³-hybridized carbons (Fsp3) is 0.706. The van der Waals surface area contributed by atoms with E-state index < -0.39 is 0 Å². The van der Waals surface area contributed by atoms with Crippen molar-refractivity contribution < 1.29 is 5.11 Å². The van der Waals surface area contributed by atoms with E-state index in [4.69, 9.17) is 0 Å². The summed E-state index contributed by atoms with van der Waals surface area (Å²) in [7, 11) is 0. The van der Waals surface area contributed by atoms with Crippen molar-refractivity contribution in [2.75, 3.05) is 6.54 Å². The third kappa shape index (κ3) is 3.52. The minimum atomic E-state index is -0.280. The average Bonchev–Trinajstić information content (AvgIpc) is 2.92. The van der Waals surface area contributed by atoms with Crippen LogP contribution in [0.2, 0.25) is 0 Å². The van der Waals surface area contributed by atoms with Crippen molar-refractivity contribution in [3.8, 4) is 0 Å². The number of aliphatic hydroxyl groups is 1. The molecule has 4 rings (SSSR count). The molecule has 0 saturated heterocycles. The van der Waals surface area contributed by atoms with Gasteiger partial charge in [-0.1, -0.05) is 0 Å². The van der Waals surface area contributed by atoms with E-state index in [0.29, 0.717) is 0 Å². The maximum absolute atomic E-state index is 10.3. The molecule has 2 aliphatic carbocycles. The average molecular weight is 330 g/mol. The first-order valence-electron chi connectivity index (χ1n) is 8.97. The summed E-state index contributed by atoms with van der Waals surface area (Å²) >= 11 is 0. The smallest absolute Gasteiger partial charge is 0.153 e. The Hall–Kier alpha value is -1.73. The first-order chi connectivity index (χ1) is 11.7. The molecule has 0 spiro atoms. The van der Waals surface area contributed by atoms with Crippen LogP contribution >= 0.6 is 0 Å². The van der Waals surface area contributed by atoms with Gasteiger partial charge in [-0.25, -0.2) is 4.98 Å². The predicted octanol–water partition coefficient (Wildman–Crippen LogP) is 1.36. The summed E-state index contributed by atoms with van der Waals surface area (Å²) in [5.41, 5.74) is 1.23. The SMILES string of the molecule is Cc1nc([C@H]2C[C@H](CNCc3ccnn3CC3CC3)[C@H](O)C2)n[nH]1. The molecule has 2 saturated carbocycles. The van der Waals surface area contributed by atoms with E-state index in [9.17, 15) is 5.11 Å². The molecule has 130 valence electrons. The Kier molecular flexibility index (Phi) is 4.37. The van der Waals surface area contributed by atoms with Crippen molar-refractivity contribution in [3.63, 3.8) is 0 Å². The summed E-state index contributed by atoms with van der Waals surface area (Å²) in [6, 6.07) is 2.08. The Morgan fingerprint density at radius 2 is 2.25 bits per heavy atom. The summed E-state index contributed by atoms with van der Waals surface area (Å²) in [5.74, 6) is 3.03. The van der Waals surface area contributed by atoms with Gasteiger partial charge in [0.25, 0.3) is 0 Å². The van der Waals surface area contributed by atoms with Gasteiger partial charge in [-0.3, -0.25) is 9.78 Å². The topological polar surface area (TPSA) is 91.7 Å². The van der Waals surface area contributed by atoms with Gasteiger partial charge < -0.3 is 10.4 Å². The standard InChI is InChI=1S/C17H26N6O/c1-11-20-17(22-21-11)13-6-14(16(24)7-13)8-18-9-15-4-5-19-23(15)10-12-2-3-12/h4-5,12-14,16,18,24H,2-3,6-10H2,1H3,(H,20,21,22)/t13-,14+,16+/m0/s1. The molecule has 0 bridgehead atoms. The van der Waals surface area contributed by atoms with Gasteiger partial charge in [-0.05, 0) is 50.5 Å². The lowest BCUT2D eigenvalue weighted by molar-refractivity contribution is 0.131. The maximum Gasteiger partial charge on any atom is 0.153 e. The molecule has 24 heavy (non-hydrogen) atoms. The van der Waals surface area contributed by atoms with Crippen molar-refractivity contribution >= 4 is 0 Å². The van der Waals surface area contributed by atoms with Crippen LogP contribution in [0.4, 0.5) is 0 Å². The molecule has 2 aliphatic rings. The molecule has 0 amide bonds. The highest BCUT2D eigenvalue weighted by atomic mass is 16.3. The Bertz CT molecular complexity index is 676. The summed E-state index contributed by atoms with van der Waals surface area (Å²) in [6.07, 6.45) is 5.96. The molecule has 0 aliphatic heterocycles. The minimum Gasteiger partial charge on any atom is -0.393 e. The highest BCUT2D eigenvalue weighted by molar-refractivity contribution is 5.04. The monoisotopic (exact) mass is 330 g/mol. The van der Waals surface area contributed by atoms with Gasteiger partial charge in [0.2, 0.25) is 0 Å². The van der Waals surface area contributed by atoms with Crippen LogP contribution in [0.3, 0.4) is 0 Å². The second-order valence-electron chi connectivity index (χ2n) is 7.35. The normalized spacial score (nSPS) is 27.0. The Morgan fingerprint density at radius 1 is 1.38 bits per heavy atom. The Morgan fingerprint density at radius 3 is 3.00 bits per heavy atom. The van der Waals surface area contributed by atoms with Gasteiger partial charge in [-0.15, -0.1) is 0 Å². The molecular formula is C17H26N6O. The van der Waals surface area contributed by atoms with Crippen LogP contribution in [0.25, 0.3) is 0 Å². The first kappa shape index (κ1) is 15.8. The number of hydrogen-bond acceptors (Lipinski definition) is 5. The number of hydrogen-bond donors (Lipinski definition) is 3. The molecular weight excluding hydrogens is 304 g/mol. The van der Waals surface area contributed by atoms with Crippen molar-refractivity contribution in [1.29, 1.82) is 0 Å². The highest BCUT2D eigenvalue weighted by Gasteiger charge is 2.35.